The van der Waals surface area contributed by atoms with Crippen LogP contribution in [0.4, 0.5) is 10.5 Å². The molecule has 7 heteroatoms. The van der Waals surface area contributed by atoms with E-state index < -0.39 is 6.09 Å². The van der Waals surface area contributed by atoms with E-state index in [9.17, 15) is 4.79 Å². The highest BCUT2D eigenvalue weighted by Gasteiger charge is 2.15. The first-order valence-electron chi connectivity index (χ1n) is 7.50. The zero-order chi connectivity index (χ0) is 16.8. The van der Waals surface area contributed by atoms with Crippen LogP contribution in [-0.4, -0.2) is 23.3 Å². The summed E-state index contributed by atoms with van der Waals surface area (Å²) in [5, 5.41) is 9.90. The zero-order valence-electron chi connectivity index (χ0n) is 13.8. The van der Waals surface area contributed by atoms with E-state index >= 15 is 0 Å². The number of nitrogens with one attached hydrogen (secondary N) is 2. The van der Waals surface area contributed by atoms with Gasteiger partial charge in [0.15, 0.2) is 5.82 Å². The molecule has 0 bridgehead atoms. The van der Waals surface area contributed by atoms with Gasteiger partial charge >= 0.3 is 6.09 Å². The van der Waals surface area contributed by atoms with Crippen LogP contribution >= 0.6 is 0 Å². The second-order valence-corrected chi connectivity index (χ2v) is 5.55. The number of nitrogens with zero attached hydrogens (tertiary/aromatic N) is 2. The number of alkyl carbamates (subject to hydrolysis) is 1. The van der Waals surface area contributed by atoms with Gasteiger partial charge in [-0.05, 0) is 24.6 Å². The molecule has 0 unspecified atom stereocenters. The molecule has 1 aromatic carbocycles. The Morgan fingerprint density at radius 1 is 1.26 bits per heavy atom. The lowest BCUT2D eigenvalue weighted by molar-refractivity contribution is 0.170. The van der Waals surface area contributed by atoms with Gasteiger partial charge in [0.25, 0.3) is 0 Å². The first-order chi connectivity index (χ1) is 11.0. The maximum Gasteiger partial charge on any atom is 0.407 e. The Labute approximate surface area is 135 Å². The molecule has 7 nitrogen and oxygen atoms in total. The summed E-state index contributed by atoms with van der Waals surface area (Å²) in [6.07, 6.45) is -0.446. The molecule has 0 aliphatic carbocycles. The van der Waals surface area contributed by atoms with Crippen LogP contribution in [0, 0.1) is 0 Å². The van der Waals surface area contributed by atoms with Crippen LogP contribution in [0.3, 0.4) is 0 Å². The van der Waals surface area contributed by atoms with E-state index in [0.717, 1.165) is 11.3 Å². The Hall–Kier alpha value is -2.57. The van der Waals surface area contributed by atoms with Crippen molar-refractivity contribution >= 4 is 11.8 Å². The fraction of sp³-hybridized carbons (Fsp3) is 0.438. The topological polar surface area (TPSA) is 89.3 Å². The van der Waals surface area contributed by atoms with E-state index in [-0.39, 0.29) is 12.0 Å². The van der Waals surface area contributed by atoms with Gasteiger partial charge in [0.2, 0.25) is 5.89 Å². The summed E-state index contributed by atoms with van der Waals surface area (Å²) in [5.74, 6) is 1.50. The molecular formula is C16H22N4O3. The van der Waals surface area contributed by atoms with Crippen molar-refractivity contribution in [1.29, 1.82) is 0 Å². The monoisotopic (exact) mass is 318 g/mol. The number of carbonyl (C=O) groups excluding carboxylic acids is 1. The van der Waals surface area contributed by atoms with Gasteiger partial charge in [-0.15, -0.1) is 0 Å². The van der Waals surface area contributed by atoms with Crippen molar-refractivity contribution in [2.75, 3.05) is 12.4 Å². The quantitative estimate of drug-likeness (QED) is 0.850. The number of benzene rings is 1. The lowest BCUT2D eigenvalue weighted by Gasteiger charge is -2.12. The smallest absolute Gasteiger partial charge is 0.407 e. The third-order valence-corrected chi connectivity index (χ3v) is 3.30. The molecule has 23 heavy (non-hydrogen) atoms. The number of aromatic nitrogens is 2. The lowest BCUT2D eigenvalue weighted by atomic mass is 10.2. The first-order valence-corrected chi connectivity index (χ1v) is 7.50. The molecule has 2 aromatic rings. The van der Waals surface area contributed by atoms with E-state index in [1.54, 1.807) is 0 Å². The first kappa shape index (κ1) is 16.8. The number of methoxy groups -OCH3 is 1. The van der Waals surface area contributed by atoms with Gasteiger partial charge in [0.05, 0.1) is 7.11 Å². The van der Waals surface area contributed by atoms with Crippen molar-refractivity contribution in [3.05, 3.63) is 41.5 Å². The second kappa shape index (κ2) is 7.62. The summed E-state index contributed by atoms with van der Waals surface area (Å²) >= 11 is 0. The van der Waals surface area contributed by atoms with Crippen LogP contribution in [0.5, 0.6) is 0 Å². The van der Waals surface area contributed by atoms with Crippen molar-refractivity contribution < 1.29 is 14.1 Å². The Bertz CT molecular complexity index is 637. The number of amides is 1. The molecule has 124 valence electrons. The van der Waals surface area contributed by atoms with E-state index in [1.165, 1.54) is 7.11 Å². The number of anilines is 1. The van der Waals surface area contributed by atoms with E-state index in [4.69, 9.17) is 4.52 Å². The second-order valence-electron chi connectivity index (χ2n) is 5.55. The number of ether oxygens (including phenoxy) is 1. The Kier molecular flexibility index (Phi) is 5.56. The molecule has 1 amide bonds. The molecule has 0 fully saturated rings. The van der Waals surface area contributed by atoms with Gasteiger partial charge in [0.1, 0.15) is 6.04 Å². The predicted molar refractivity (Wildman–Crippen MR) is 86.1 cm³/mol. The van der Waals surface area contributed by atoms with Crippen LogP contribution in [0.25, 0.3) is 0 Å². The van der Waals surface area contributed by atoms with Crippen molar-refractivity contribution in [1.82, 2.24) is 15.5 Å². The van der Waals surface area contributed by atoms with E-state index in [2.05, 4.69) is 25.5 Å². The average molecular weight is 318 g/mol. The Morgan fingerprint density at radius 3 is 2.52 bits per heavy atom. The van der Waals surface area contributed by atoms with E-state index in [1.807, 2.05) is 45.0 Å². The normalized spacial score (nSPS) is 12.0. The largest absolute Gasteiger partial charge is 0.453 e. The van der Waals surface area contributed by atoms with Crippen LogP contribution < -0.4 is 10.6 Å². The molecule has 1 aromatic heterocycles. The minimum absolute atomic E-state index is 0.0888. The van der Waals surface area contributed by atoms with Gasteiger partial charge in [-0.25, -0.2) is 4.79 Å². The van der Waals surface area contributed by atoms with Crippen molar-refractivity contribution in [3.8, 4) is 0 Å². The molecule has 1 heterocycles. The minimum atomic E-state index is -0.446. The van der Waals surface area contributed by atoms with Gasteiger partial charge in [0, 0.05) is 18.2 Å². The van der Waals surface area contributed by atoms with Gasteiger partial charge in [-0.2, -0.15) is 4.98 Å². The number of rotatable bonds is 6. The summed E-state index contributed by atoms with van der Waals surface area (Å²) in [6.45, 7) is 6.43. The molecule has 2 rings (SSSR count). The predicted octanol–water partition coefficient (Wildman–Crippen LogP) is 3.22. The van der Waals surface area contributed by atoms with Crippen molar-refractivity contribution in [2.45, 2.75) is 39.3 Å². The Morgan fingerprint density at radius 2 is 1.96 bits per heavy atom. The molecule has 2 N–H and O–H groups in total. The number of hydrogen-bond acceptors (Lipinski definition) is 6. The molecule has 0 saturated heterocycles. The SMILES string of the molecule is COC(=O)NCc1ccc(N[C@@H](C)c2nc(C(C)C)no2)cc1. The summed E-state index contributed by atoms with van der Waals surface area (Å²) < 4.78 is 9.81. The highest BCUT2D eigenvalue weighted by Crippen LogP contribution is 2.20. The fourth-order valence-corrected chi connectivity index (χ4v) is 1.93. The molecule has 0 saturated carbocycles. The summed E-state index contributed by atoms with van der Waals surface area (Å²) in [6, 6.07) is 7.64. The maximum absolute atomic E-state index is 11.0. The standard InChI is InChI=1S/C16H22N4O3/c1-10(2)14-19-15(23-20-14)11(3)18-13-7-5-12(6-8-13)9-17-16(21)22-4/h5-8,10-11,18H,9H2,1-4H3,(H,17,21)/t11-/m0/s1. The Balaban J connectivity index is 1.93. The van der Waals surface area contributed by atoms with Crippen LogP contribution in [0.1, 0.15) is 50.0 Å². The molecule has 0 spiro atoms. The molecule has 1 atom stereocenters. The van der Waals surface area contributed by atoms with Crippen LogP contribution in [0.2, 0.25) is 0 Å². The van der Waals surface area contributed by atoms with Gasteiger partial charge in [-0.3, -0.25) is 0 Å². The highest BCUT2D eigenvalue weighted by atomic mass is 16.5. The summed E-state index contributed by atoms with van der Waals surface area (Å²) in [4.78, 5) is 15.4. The lowest BCUT2D eigenvalue weighted by Crippen LogP contribution is -2.22. The van der Waals surface area contributed by atoms with Crippen molar-refractivity contribution in [3.63, 3.8) is 0 Å². The zero-order valence-corrected chi connectivity index (χ0v) is 13.8. The van der Waals surface area contributed by atoms with E-state index in [0.29, 0.717) is 18.3 Å². The fourth-order valence-electron chi connectivity index (χ4n) is 1.93. The average Bonchev–Trinajstić information content (AvgIpc) is 3.04. The summed E-state index contributed by atoms with van der Waals surface area (Å²) in [7, 11) is 1.34. The maximum atomic E-state index is 11.0. The van der Waals surface area contributed by atoms with Gasteiger partial charge in [-0.1, -0.05) is 31.1 Å². The highest BCUT2D eigenvalue weighted by molar-refractivity contribution is 5.66. The van der Waals surface area contributed by atoms with Gasteiger partial charge < -0.3 is 19.9 Å². The summed E-state index contributed by atoms with van der Waals surface area (Å²) in [5.41, 5.74) is 1.91. The third kappa shape index (κ3) is 4.70. The van der Waals surface area contributed by atoms with Crippen LogP contribution in [-0.2, 0) is 11.3 Å². The number of carbonyl (C=O) groups is 1. The molecule has 0 aliphatic rings. The number of hydrogen-bond donors (Lipinski definition) is 2. The molecule has 0 radical (unpaired) electrons. The molecular weight excluding hydrogens is 296 g/mol. The molecule has 0 aliphatic heterocycles. The van der Waals surface area contributed by atoms with Crippen molar-refractivity contribution in [2.24, 2.45) is 0 Å². The minimum Gasteiger partial charge on any atom is -0.453 e. The third-order valence-electron chi connectivity index (χ3n) is 3.30. The van der Waals surface area contributed by atoms with Crippen LogP contribution in [0.15, 0.2) is 28.8 Å².